The topological polar surface area (TPSA) is 0 Å². The van der Waals surface area contributed by atoms with Crippen LogP contribution in [-0.2, 0) is 0 Å². The van der Waals surface area contributed by atoms with Crippen LogP contribution in [0.4, 0.5) is 0 Å². The van der Waals surface area contributed by atoms with Crippen molar-refractivity contribution in [3.8, 4) is 0 Å². The van der Waals surface area contributed by atoms with Crippen molar-refractivity contribution >= 4 is 0 Å². The quantitative estimate of drug-likeness (QED) is 0.560. The minimum Gasteiger partial charge on any atom is -0.0651 e. The summed E-state index contributed by atoms with van der Waals surface area (Å²) < 4.78 is 0. The molecular formula is C10H19. The lowest BCUT2D eigenvalue weighted by molar-refractivity contribution is 0.337. The van der Waals surface area contributed by atoms with Crippen LogP contribution in [0, 0.1) is 11.8 Å². The first-order chi connectivity index (χ1) is 4.83. The maximum absolute atomic E-state index is 2.54. The highest BCUT2D eigenvalue weighted by Gasteiger charge is 2.30. The third kappa shape index (κ3) is 1.53. The van der Waals surface area contributed by atoms with Gasteiger partial charge in [0.05, 0.1) is 0 Å². The normalized spacial score (nSPS) is 23.4. The Labute approximate surface area is 65.0 Å². The van der Waals surface area contributed by atoms with Crippen molar-refractivity contribution < 1.29 is 0 Å². The van der Waals surface area contributed by atoms with E-state index in [4.69, 9.17) is 0 Å². The summed E-state index contributed by atoms with van der Waals surface area (Å²) in [4.78, 5) is 0. The van der Waals surface area contributed by atoms with Crippen molar-refractivity contribution in [3.63, 3.8) is 0 Å². The minimum atomic E-state index is 0.661. The van der Waals surface area contributed by atoms with Gasteiger partial charge in [-0.3, -0.25) is 0 Å². The molecule has 1 saturated carbocycles. The number of hydrogen-bond donors (Lipinski definition) is 0. The van der Waals surface area contributed by atoms with Gasteiger partial charge >= 0.3 is 0 Å². The van der Waals surface area contributed by atoms with Crippen LogP contribution in [0.15, 0.2) is 0 Å². The van der Waals surface area contributed by atoms with Crippen molar-refractivity contribution in [3.05, 3.63) is 6.42 Å². The molecule has 0 spiro atoms. The van der Waals surface area contributed by atoms with Crippen LogP contribution >= 0.6 is 0 Å². The first-order valence-corrected chi connectivity index (χ1v) is 4.67. The Kier molecular flexibility index (Phi) is 2.76. The second-order valence-corrected chi connectivity index (χ2v) is 3.54. The van der Waals surface area contributed by atoms with E-state index < -0.39 is 0 Å². The molecule has 0 heteroatoms. The molecule has 10 heavy (non-hydrogen) atoms. The van der Waals surface area contributed by atoms with E-state index in [0.29, 0.717) is 5.41 Å². The zero-order valence-corrected chi connectivity index (χ0v) is 7.32. The van der Waals surface area contributed by atoms with E-state index >= 15 is 0 Å². The Bertz CT molecular complexity index is 88.2. The minimum absolute atomic E-state index is 0.661. The maximum Gasteiger partial charge on any atom is -0.0269 e. The van der Waals surface area contributed by atoms with E-state index in [1.807, 2.05) is 0 Å². The Morgan fingerprint density at radius 2 is 1.80 bits per heavy atom. The molecule has 0 unspecified atom stereocenters. The molecule has 1 aliphatic carbocycles. The van der Waals surface area contributed by atoms with Crippen molar-refractivity contribution in [2.45, 2.75) is 52.4 Å². The Morgan fingerprint density at radius 3 is 2.20 bits per heavy atom. The summed E-state index contributed by atoms with van der Waals surface area (Å²) in [6.07, 6.45) is 11.0. The molecule has 0 aromatic rings. The molecule has 0 heterocycles. The van der Waals surface area contributed by atoms with Gasteiger partial charge in [0.15, 0.2) is 0 Å². The van der Waals surface area contributed by atoms with Crippen LogP contribution in [0.5, 0.6) is 0 Å². The molecule has 1 aliphatic rings. The van der Waals surface area contributed by atoms with E-state index in [1.165, 1.54) is 38.5 Å². The van der Waals surface area contributed by atoms with E-state index in [-0.39, 0.29) is 0 Å². The molecule has 0 aliphatic heterocycles. The smallest absolute Gasteiger partial charge is 0.0269 e. The standard InChI is InChI=1S/C10H19/c1-3-7-10(4-2)8-5-6-9-10/h7H,3-6,8-9H2,1-2H3. The molecule has 0 bridgehead atoms. The molecule has 59 valence electrons. The van der Waals surface area contributed by atoms with Gasteiger partial charge in [0.1, 0.15) is 0 Å². The first kappa shape index (κ1) is 8.10. The molecule has 0 atom stereocenters. The number of rotatable bonds is 3. The fourth-order valence-corrected chi connectivity index (χ4v) is 2.21. The second-order valence-electron chi connectivity index (χ2n) is 3.54. The van der Waals surface area contributed by atoms with Crippen molar-refractivity contribution in [1.82, 2.24) is 0 Å². The molecule has 1 rings (SSSR count). The van der Waals surface area contributed by atoms with Gasteiger partial charge in [-0.15, -0.1) is 0 Å². The molecule has 1 radical (unpaired) electrons. The van der Waals surface area contributed by atoms with E-state index in [1.54, 1.807) is 0 Å². The van der Waals surface area contributed by atoms with Crippen molar-refractivity contribution in [2.24, 2.45) is 5.41 Å². The summed E-state index contributed by atoms with van der Waals surface area (Å²) in [5.74, 6) is 0. The number of hydrogen-bond acceptors (Lipinski definition) is 0. The molecule has 0 nitrogen and oxygen atoms in total. The lowest BCUT2D eigenvalue weighted by Gasteiger charge is -2.26. The third-order valence-corrected chi connectivity index (χ3v) is 2.94. The fraction of sp³-hybridized carbons (Fsp3) is 0.900. The first-order valence-electron chi connectivity index (χ1n) is 4.67. The summed E-state index contributed by atoms with van der Waals surface area (Å²) in [7, 11) is 0. The average molecular weight is 139 g/mol. The predicted molar refractivity (Wildman–Crippen MR) is 45.8 cm³/mol. The Balaban J connectivity index is 2.41. The van der Waals surface area contributed by atoms with E-state index in [9.17, 15) is 0 Å². The van der Waals surface area contributed by atoms with Crippen LogP contribution in [-0.4, -0.2) is 0 Å². The van der Waals surface area contributed by atoms with Gasteiger partial charge in [0, 0.05) is 0 Å². The predicted octanol–water partition coefficient (Wildman–Crippen LogP) is 3.57. The van der Waals surface area contributed by atoms with Gasteiger partial charge in [0.25, 0.3) is 0 Å². The largest absolute Gasteiger partial charge is 0.0651 e. The highest BCUT2D eigenvalue weighted by atomic mass is 14.4. The van der Waals surface area contributed by atoms with Gasteiger partial charge in [-0.1, -0.05) is 39.5 Å². The molecule has 0 saturated heterocycles. The van der Waals surface area contributed by atoms with Crippen LogP contribution in [0.1, 0.15) is 52.4 Å². The van der Waals surface area contributed by atoms with Crippen LogP contribution in [0.2, 0.25) is 0 Å². The lowest BCUT2D eigenvalue weighted by Crippen LogP contribution is -2.14. The van der Waals surface area contributed by atoms with Gasteiger partial charge < -0.3 is 0 Å². The SMILES string of the molecule is CC[CH]C1(CC)CCCC1. The molecule has 0 amide bonds. The highest BCUT2D eigenvalue weighted by molar-refractivity contribution is 4.93. The summed E-state index contributed by atoms with van der Waals surface area (Å²) >= 11 is 0. The van der Waals surface area contributed by atoms with Crippen LogP contribution < -0.4 is 0 Å². The zero-order chi connectivity index (χ0) is 7.45. The molecular weight excluding hydrogens is 120 g/mol. The Hall–Kier alpha value is 0. The van der Waals surface area contributed by atoms with E-state index in [0.717, 1.165) is 0 Å². The monoisotopic (exact) mass is 139 g/mol. The summed E-state index contributed by atoms with van der Waals surface area (Å²) in [5, 5.41) is 0. The fourth-order valence-electron chi connectivity index (χ4n) is 2.21. The third-order valence-electron chi connectivity index (χ3n) is 2.94. The highest BCUT2D eigenvalue weighted by Crippen LogP contribution is 2.43. The summed E-state index contributed by atoms with van der Waals surface area (Å²) in [6, 6.07) is 0. The maximum atomic E-state index is 2.54. The Morgan fingerprint density at radius 1 is 1.20 bits per heavy atom. The van der Waals surface area contributed by atoms with Crippen LogP contribution in [0.25, 0.3) is 0 Å². The van der Waals surface area contributed by atoms with Gasteiger partial charge in [0.2, 0.25) is 0 Å². The zero-order valence-electron chi connectivity index (χ0n) is 7.32. The van der Waals surface area contributed by atoms with Crippen molar-refractivity contribution in [1.29, 1.82) is 0 Å². The summed E-state index contributed by atoms with van der Waals surface area (Å²) in [5.41, 5.74) is 0.661. The molecule has 0 aromatic heterocycles. The van der Waals surface area contributed by atoms with Crippen molar-refractivity contribution in [2.75, 3.05) is 0 Å². The van der Waals surface area contributed by atoms with Gasteiger partial charge in [-0.2, -0.15) is 0 Å². The lowest BCUT2D eigenvalue weighted by atomic mass is 9.79. The van der Waals surface area contributed by atoms with E-state index in [2.05, 4.69) is 20.3 Å². The average Bonchev–Trinajstić information content (AvgIpc) is 2.39. The molecule has 0 aromatic carbocycles. The molecule has 0 N–H and O–H groups in total. The van der Waals surface area contributed by atoms with Gasteiger partial charge in [-0.05, 0) is 24.7 Å². The van der Waals surface area contributed by atoms with Gasteiger partial charge in [-0.25, -0.2) is 0 Å². The molecule has 1 fully saturated rings. The summed E-state index contributed by atoms with van der Waals surface area (Å²) in [6.45, 7) is 4.59. The van der Waals surface area contributed by atoms with Crippen LogP contribution in [0.3, 0.4) is 0 Å². The second kappa shape index (κ2) is 3.41.